The van der Waals surface area contributed by atoms with Crippen molar-refractivity contribution in [1.29, 1.82) is 0 Å². The molecule has 0 aromatic carbocycles. The molecule has 1 heterocycles. The van der Waals surface area contributed by atoms with Gasteiger partial charge in [0.15, 0.2) is 0 Å². The Kier molecular flexibility index (Phi) is 5.50. The summed E-state index contributed by atoms with van der Waals surface area (Å²) >= 11 is 5.83. The van der Waals surface area contributed by atoms with Crippen molar-refractivity contribution in [3.05, 3.63) is 27.4 Å². The van der Waals surface area contributed by atoms with Crippen LogP contribution in [0.25, 0.3) is 0 Å². The molecule has 0 spiro atoms. The molecule has 7 nitrogen and oxygen atoms in total. The van der Waals surface area contributed by atoms with Crippen LogP contribution in [-0.4, -0.2) is 27.0 Å². The van der Waals surface area contributed by atoms with Gasteiger partial charge in [0.1, 0.15) is 18.1 Å². The first-order valence-corrected chi connectivity index (χ1v) is 6.12. The number of rotatable bonds is 7. The number of aliphatic carboxylic acids is 1. The lowest BCUT2D eigenvalue weighted by Gasteiger charge is -2.15. The van der Waals surface area contributed by atoms with Gasteiger partial charge in [0.05, 0.1) is 9.95 Å². The van der Waals surface area contributed by atoms with Crippen LogP contribution in [-0.2, 0) is 4.79 Å². The summed E-state index contributed by atoms with van der Waals surface area (Å²) in [5.41, 5.74) is -0.240. The van der Waals surface area contributed by atoms with Gasteiger partial charge in [-0.3, -0.25) is 10.1 Å². The van der Waals surface area contributed by atoms with E-state index >= 15 is 0 Å². The Morgan fingerprint density at radius 3 is 2.84 bits per heavy atom. The Bertz CT molecular complexity index is 481. The van der Waals surface area contributed by atoms with Crippen LogP contribution >= 0.6 is 11.6 Å². The third kappa shape index (κ3) is 4.36. The molecule has 0 radical (unpaired) electrons. The van der Waals surface area contributed by atoms with Crippen molar-refractivity contribution in [1.82, 2.24) is 4.98 Å². The number of hydrogen-bond donors (Lipinski definition) is 2. The molecule has 0 amide bonds. The van der Waals surface area contributed by atoms with Crippen molar-refractivity contribution in [3.63, 3.8) is 0 Å². The number of aromatic nitrogens is 1. The van der Waals surface area contributed by atoms with Gasteiger partial charge in [-0.1, -0.05) is 31.4 Å². The van der Waals surface area contributed by atoms with Gasteiger partial charge < -0.3 is 10.4 Å². The van der Waals surface area contributed by atoms with E-state index in [1.807, 2.05) is 6.92 Å². The van der Waals surface area contributed by atoms with Crippen molar-refractivity contribution in [3.8, 4) is 0 Å². The average Bonchev–Trinajstić information content (AvgIpc) is 2.35. The maximum absolute atomic E-state index is 11.1. The zero-order valence-corrected chi connectivity index (χ0v) is 11.1. The average molecular weight is 288 g/mol. The molecule has 0 aliphatic carbocycles. The van der Waals surface area contributed by atoms with Crippen molar-refractivity contribution in [2.45, 2.75) is 32.2 Å². The number of carboxylic acids is 1. The number of anilines is 1. The number of nitrogens with one attached hydrogen (secondary N) is 1. The zero-order chi connectivity index (χ0) is 14.4. The summed E-state index contributed by atoms with van der Waals surface area (Å²) in [5.74, 6) is -0.875. The van der Waals surface area contributed by atoms with Crippen molar-refractivity contribution >= 4 is 29.1 Å². The summed E-state index contributed by atoms with van der Waals surface area (Å²) in [5, 5.41) is 22.3. The van der Waals surface area contributed by atoms with Crippen LogP contribution in [0.5, 0.6) is 0 Å². The van der Waals surface area contributed by atoms with Crippen molar-refractivity contribution in [2.24, 2.45) is 0 Å². The fraction of sp³-hybridized carbons (Fsp3) is 0.455. The van der Waals surface area contributed by atoms with E-state index in [-0.39, 0.29) is 16.5 Å². The first-order valence-electron chi connectivity index (χ1n) is 5.75. The topological polar surface area (TPSA) is 105 Å². The van der Waals surface area contributed by atoms with E-state index in [0.29, 0.717) is 6.42 Å². The number of carboxylic acid groups (broad SMARTS) is 1. The Hall–Kier alpha value is -1.89. The minimum atomic E-state index is -1.01. The molecule has 0 bridgehead atoms. The molecule has 0 saturated heterocycles. The van der Waals surface area contributed by atoms with Crippen LogP contribution in [0.4, 0.5) is 11.5 Å². The van der Waals surface area contributed by atoms with E-state index in [4.69, 9.17) is 16.7 Å². The molecule has 1 unspecified atom stereocenters. The Morgan fingerprint density at radius 2 is 2.37 bits per heavy atom. The molecular formula is C11H14ClN3O4. The van der Waals surface area contributed by atoms with E-state index in [2.05, 4.69) is 10.3 Å². The monoisotopic (exact) mass is 287 g/mol. The molecule has 0 aliphatic heterocycles. The maximum Gasteiger partial charge on any atom is 0.326 e. The minimum absolute atomic E-state index is 0.0250. The van der Waals surface area contributed by atoms with Crippen LogP contribution in [0.15, 0.2) is 12.3 Å². The van der Waals surface area contributed by atoms with Gasteiger partial charge in [-0.05, 0) is 6.42 Å². The maximum atomic E-state index is 11.1. The Morgan fingerprint density at radius 1 is 1.68 bits per heavy atom. The highest BCUT2D eigenvalue weighted by Gasteiger charge is 2.19. The number of carbonyl (C=O) groups is 1. The molecule has 0 saturated carbocycles. The molecule has 8 heteroatoms. The van der Waals surface area contributed by atoms with E-state index in [9.17, 15) is 14.9 Å². The van der Waals surface area contributed by atoms with Gasteiger partial charge in [0.2, 0.25) is 0 Å². The van der Waals surface area contributed by atoms with Crippen molar-refractivity contribution in [2.75, 3.05) is 5.32 Å². The lowest BCUT2D eigenvalue weighted by Crippen LogP contribution is -2.29. The number of nitrogens with zero attached hydrogens (tertiary/aromatic N) is 2. The summed E-state index contributed by atoms with van der Waals surface area (Å²) in [7, 11) is 0. The number of nitro groups is 1. The molecule has 1 aromatic heterocycles. The minimum Gasteiger partial charge on any atom is -0.480 e. The highest BCUT2D eigenvalue weighted by Crippen LogP contribution is 2.24. The molecule has 1 rings (SSSR count). The molecule has 2 N–H and O–H groups in total. The molecule has 104 valence electrons. The number of pyridine rings is 1. The van der Waals surface area contributed by atoms with Crippen LogP contribution < -0.4 is 5.32 Å². The first-order chi connectivity index (χ1) is 8.95. The molecular weight excluding hydrogens is 274 g/mol. The molecule has 1 aromatic rings. The van der Waals surface area contributed by atoms with Gasteiger partial charge in [0.25, 0.3) is 5.69 Å². The Balaban J connectivity index is 2.84. The smallest absolute Gasteiger partial charge is 0.326 e. The molecule has 0 aliphatic rings. The zero-order valence-electron chi connectivity index (χ0n) is 10.3. The van der Waals surface area contributed by atoms with Crippen molar-refractivity contribution < 1.29 is 14.8 Å². The quantitative estimate of drug-likeness (QED) is 0.590. The summed E-state index contributed by atoms with van der Waals surface area (Å²) in [6, 6.07) is 0.321. The normalized spacial score (nSPS) is 11.9. The van der Waals surface area contributed by atoms with E-state index in [1.54, 1.807) is 0 Å². The van der Waals surface area contributed by atoms with Crippen LogP contribution in [0.1, 0.15) is 26.2 Å². The SMILES string of the molecule is CCCCC(Nc1ncc([N+](=O)[O-])cc1Cl)C(=O)O. The highest BCUT2D eigenvalue weighted by molar-refractivity contribution is 6.33. The van der Waals surface area contributed by atoms with Crippen LogP contribution in [0.2, 0.25) is 5.02 Å². The highest BCUT2D eigenvalue weighted by atomic mass is 35.5. The molecule has 0 fully saturated rings. The third-order valence-electron chi connectivity index (χ3n) is 2.49. The largest absolute Gasteiger partial charge is 0.480 e. The fourth-order valence-electron chi connectivity index (χ4n) is 1.46. The predicted octanol–water partition coefficient (Wildman–Crippen LogP) is 2.70. The van der Waals surface area contributed by atoms with Gasteiger partial charge in [-0.2, -0.15) is 0 Å². The van der Waals surface area contributed by atoms with E-state index < -0.39 is 16.9 Å². The van der Waals surface area contributed by atoms with Gasteiger partial charge in [-0.25, -0.2) is 9.78 Å². The standard InChI is InChI=1S/C11H14ClN3O4/c1-2-3-4-9(11(16)17)14-10-8(12)5-7(6-13-10)15(18)19/h5-6,9H,2-4H2,1H3,(H,13,14)(H,16,17). The summed E-state index contributed by atoms with van der Waals surface area (Å²) in [6.07, 6.45) is 3.08. The lowest BCUT2D eigenvalue weighted by molar-refractivity contribution is -0.385. The predicted molar refractivity (Wildman–Crippen MR) is 70.5 cm³/mol. The second-order valence-corrected chi connectivity index (χ2v) is 4.37. The Labute approximate surface area is 114 Å². The van der Waals surface area contributed by atoms with Gasteiger partial charge in [0, 0.05) is 6.07 Å². The fourth-order valence-corrected chi connectivity index (χ4v) is 1.68. The summed E-state index contributed by atoms with van der Waals surface area (Å²) < 4.78 is 0. The van der Waals surface area contributed by atoms with E-state index in [1.165, 1.54) is 0 Å². The number of hydrogen-bond acceptors (Lipinski definition) is 5. The number of unbranched alkanes of at least 4 members (excludes halogenated alkanes) is 1. The van der Waals surface area contributed by atoms with Gasteiger partial charge >= 0.3 is 5.97 Å². The second kappa shape index (κ2) is 6.89. The summed E-state index contributed by atoms with van der Waals surface area (Å²) in [6.45, 7) is 1.95. The number of halogens is 1. The third-order valence-corrected chi connectivity index (χ3v) is 2.78. The molecule has 1 atom stereocenters. The summed E-state index contributed by atoms with van der Waals surface area (Å²) in [4.78, 5) is 24.7. The first kappa shape index (κ1) is 15.2. The molecule has 19 heavy (non-hydrogen) atoms. The lowest BCUT2D eigenvalue weighted by atomic mass is 10.1. The van der Waals surface area contributed by atoms with Crippen LogP contribution in [0, 0.1) is 10.1 Å². The van der Waals surface area contributed by atoms with E-state index in [0.717, 1.165) is 25.1 Å². The van der Waals surface area contributed by atoms with Crippen LogP contribution in [0.3, 0.4) is 0 Å². The van der Waals surface area contributed by atoms with Gasteiger partial charge in [-0.15, -0.1) is 0 Å². The second-order valence-electron chi connectivity index (χ2n) is 3.96.